The Labute approximate surface area is 96.7 Å². The minimum atomic E-state index is -0.161. The van der Waals surface area contributed by atoms with E-state index in [1.54, 1.807) is 0 Å². The van der Waals surface area contributed by atoms with Gasteiger partial charge in [0.2, 0.25) is 0 Å². The SMILES string of the molecule is CCCn1cc(CNC2CCCC2O)cn1. The van der Waals surface area contributed by atoms with E-state index in [9.17, 15) is 5.11 Å². The number of rotatable bonds is 5. The van der Waals surface area contributed by atoms with E-state index in [0.717, 1.165) is 38.8 Å². The van der Waals surface area contributed by atoms with E-state index in [-0.39, 0.29) is 12.1 Å². The molecule has 1 aromatic heterocycles. The van der Waals surface area contributed by atoms with Gasteiger partial charge in [-0.1, -0.05) is 6.92 Å². The number of aromatic nitrogens is 2. The molecule has 0 amide bonds. The highest BCUT2D eigenvalue weighted by molar-refractivity contribution is 5.04. The molecule has 2 atom stereocenters. The molecule has 4 heteroatoms. The van der Waals surface area contributed by atoms with Crippen LogP contribution in [0.2, 0.25) is 0 Å². The molecule has 0 saturated heterocycles. The summed E-state index contributed by atoms with van der Waals surface area (Å²) in [4.78, 5) is 0. The molecule has 0 aromatic carbocycles. The van der Waals surface area contributed by atoms with Gasteiger partial charge in [0, 0.05) is 30.9 Å². The summed E-state index contributed by atoms with van der Waals surface area (Å²) in [5.74, 6) is 0. The lowest BCUT2D eigenvalue weighted by molar-refractivity contribution is 0.148. The van der Waals surface area contributed by atoms with Gasteiger partial charge in [-0.05, 0) is 25.7 Å². The number of nitrogens with one attached hydrogen (secondary N) is 1. The zero-order chi connectivity index (χ0) is 11.4. The van der Waals surface area contributed by atoms with Gasteiger partial charge in [-0.2, -0.15) is 5.10 Å². The molecule has 0 spiro atoms. The molecule has 0 bridgehead atoms. The Bertz CT molecular complexity index is 324. The van der Waals surface area contributed by atoms with E-state index in [0.29, 0.717) is 0 Å². The maximum absolute atomic E-state index is 9.67. The molecule has 2 N–H and O–H groups in total. The Morgan fingerprint density at radius 3 is 3.12 bits per heavy atom. The molecule has 0 radical (unpaired) electrons. The molecule has 1 aromatic rings. The van der Waals surface area contributed by atoms with Gasteiger partial charge in [-0.25, -0.2) is 0 Å². The molecular formula is C12H21N3O. The van der Waals surface area contributed by atoms with Crippen LogP contribution in [0, 0.1) is 0 Å². The molecule has 1 fully saturated rings. The topological polar surface area (TPSA) is 50.1 Å². The smallest absolute Gasteiger partial charge is 0.0693 e. The van der Waals surface area contributed by atoms with Gasteiger partial charge in [0.15, 0.2) is 0 Å². The number of aryl methyl sites for hydroxylation is 1. The summed E-state index contributed by atoms with van der Waals surface area (Å²) >= 11 is 0. The molecule has 4 nitrogen and oxygen atoms in total. The van der Waals surface area contributed by atoms with Crippen molar-refractivity contribution in [2.45, 2.75) is 57.8 Å². The first-order chi connectivity index (χ1) is 7.79. The summed E-state index contributed by atoms with van der Waals surface area (Å²) < 4.78 is 1.97. The first kappa shape index (κ1) is 11.6. The molecule has 2 rings (SSSR count). The zero-order valence-electron chi connectivity index (χ0n) is 9.89. The Kier molecular flexibility index (Phi) is 3.96. The highest BCUT2D eigenvalue weighted by Gasteiger charge is 2.24. The zero-order valence-corrected chi connectivity index (χ0v) is 9.89. The maximum atomic E-state index is 9.67. The second-order valence-corrected chi connectivity index (χ2v) is 4.60. The van der Waals surface area contributed by atoms with E-state index < -0.39 is 0 Å². The predicted molar refractivity (Wildman–Crippen MR) is 63.0 cm³/mol. The van der Waals surface area contributed by atoms with E-state index >= 15 is 0 Å². The van der Waals surface area contributed by atoms with Crippen molar-refractivity contribution in [3.63, 3.8) is 0 Å². The highest BCUT2D eigenvalue weighted by Crippen LogP contribution is 2.19. The minimum Gasteiger partial charge on any atom is -0.392 e. The van der Waals surface area contributed by atoms with E-state index in [2.05, 4.69) is 23.5 Å². The summed E-state index contributed by atoms with van der Waals surface area (Å²) in [6.45, 7) is 3.94. The Hall–Kier alpha value is -0.870. The summed E-state index contributed by atoms with van der Waals surface area (Å²) in [6.07, 6.45) is 8.09. The fraction of sp³-hybridized carbons (Fsp3) is 0.750. The van der Waals surface area contributed by atoms with E-state index in [1.807, 2.05) is 10.9 Å². The summed E-state index contributed by atoms with van der Waals surface area (Å²) in [6, 6.07) is 0.273. The number of nitrogens with zero attached hydrogens (tertiary/aromatic N) is 2. The lowest BCUT2D eigenvalue weighted by Crippen LogP contribution is -2.34. The van der Waals surface area contributed by atoms with Crippen molar-refractivity contribution in [3.05, 3.63) is 18.0 Å². The average Bonchev–Trinajstić information content (AvgIpc) is 2.86. The molecule has 90 valence electrons. The second kappa shape index (κ2) is 5.46. The van der Waals surface area contributed by atoms with Crippen molar-refractivity contribution in [3.8, 4) is 0 Å². The van der Waals surface area contributed by atoms with Gasteiger partial charge in [0.1, 0.15) is 0 Å². The largest absolute Gasteiger partial charge is 0.392 e. The third kappa shape index (κ3) is 2.83. The third-order valence-corrected chi connectivity index (χ3v) is 3.19. The summed E-state index contributed by atoms with van der Waals surface area (Å²) in [5.41, 5.74) is 1.20. The van der Waals surface area contributed by atoms with Gasteiger partial charge in [-0.3, -0.25) is 4.68 Å². The molecule has 1 aliphatic rings. The van der Waals surface area contributed by atoms with Crippen LogP contribution in [0.15, 0.2) is 12.4 Å². The monoisotopic (exact) mass is 223 g/mol. The second-order valence-electron chi connectivity index (χ2n) is 4.60. The summed E-state index contributed by atoms with van der Waals surface area (Å²) in [5, 5.41) is 17.4. The molecule has 16 heavy (non-hydrogen) atoms. The van der Waals surface area contributed by atoms with Gasteiger partial charge < -0.3 is 10.4 Å². The Morgan fingerprint density at radius 2 is 2.44 bits per heavy atom. The fourth-order valence-corrected chi connectivity index (χ4v) is 2.28. The quantitative estimate of drug-likeness (QED) is 0.791. The lowest BCUT2D eigenvalue weighted by Gasteiger charge is -2.15. The van der Waals surface area contributed by atoms with Crippen molar-refractivity contribution in [1.82, 2.24) is 15.1 Å². The van der Waals surface area contributed by atoms with Crippen LogP contribution in [0.1, 0.15) is 38.2 Å². The van der Waals surface area contributed by atoms with Crippen LogP contribution in [0.4, 0.5) is 0 Å². The third-order valence-electron chi connectivity index (χ3n) is 3.19. The molecule has 1 aliphatic carbocycles. The van der Waals surface area contributed by atoms with Gasteiger partial charge >= 0.3 is 0 Å². The molecule has 1 heterocycles. The number of aliphatic hydroxyl groups is 1. The van der Waals surface area contributed by atoms with Gasteiger partial charge in [-0.15, -0.1) is 0 Å². The minimum absolute atomic E-state index is 0.161. The van der Waals surface area contributed by atoms with E-state index in [4.69, 9.17) is 0 Å². The Morgan fingerprint density at radius 1 is 1.56 bits per heavy atom. The molecule has 0 aliphatic heterocycles. The van der Waals surface area contributed by atoms with Crippen molar-refractivity contribution >= 4 is 0 Å². The number of hydrogen-bond donors (Lipinski definition) is 2. The number of aliphatic hydroxyl groups excluding tert-OH is 1. The van der Waals surface area contributed by atoms with Crippen LogP contribution < -0.4 is 5.32 Å². The fourth-order valence-electron chi connectivity index (χ4n) is 2.28. The lowest BCUT2D eigenvalue weighted by atomic mass is 10.2. The highest BCUT2D eigenvalue weighted by atomic mass is 16.3. The van der Waals surface area contributed by atoms with Gasteiger partial charge in [0.05, 0.1) is 12.3 Å². The van der Waals surface area contributed by atoms with Crippen molar-refractivity contribution in [2.75, 3.05) is 0 Å². The van der Waals surface area contributed by atoms with Crippen LogP contribution in [0.5, 0.6) is 0 Å². The average molecular weight is 223 g/mol. The van der Waals surface area contributed by atoms with Crippen LogP contribution >= 0.6 is 0 Å². The predicted octanol–water partition coefficient (Wildman–Crippen LogP) is 1.30. The first-order valence-corrected chi connectivity index (χ1v) is 6.22. The first-order valence-electron chi connectivity index (χ1n) is 6.22. The van der Waals surface area contributed by atoms with Crippen LogP contribution in [0.3, 0.4) is 0 Å². The van der Waals surface area contributed by atoms with Crippen LogP contribution in [0.25, 0.3) is 0 Å². The summed E-state index contributed by atoms with van der Waals surface area (Å²) in [7, 11) is 0. The standard InChI is InChI=1S/C12H21N3O/c1-2-6-15-9-10(8-14-15)7-13-11-4-3-5-12(11)16/h8-9,11-13,16H,2-7H2,1H3. The molecular weight excluding hydrogens is 202 g/mol. The van der Waals surface area contributed by atoms with Crippen LogP contribution in [-0.4, -0.2) is 27.0 Å². The van der Waals surface area contributed by atoms with Crippen molar-refractivity contribution in [1.29, 1.82) is 0 Å². The van der Waals surface area contributed by atoms with Crippen molar-refractivity contribution in [2.24, 2.45) is 0 Å². The maximum Gasteiger partial charge on any atom is 0.0693 e. The Balaban J connectivity index is 1.80. The van der Waals surface area contributed by atoms with E-state index in [1.165, 1.54) is 5.56 Å². The molecule has 2 unspecified atom stereocenters. The normalized spacial score (nSPS) is 25.1. The number of hydrogen-bond acceptors (Lipinski definition) is 3. The van der Waals surface area contributed by atoms with Crippen LogP contribution in [-0.2, 0) is 13.1 Å². The van der Waals surface area contributed by atoms with Gasteiger partial charge in [0.25, 0.3) is 0 Å². The molecule has 1 saturated carbocycles. The van der Waals surface area contributed by atoms with Crippen molar-refractivity contribution < 1.29 is 5.11 Å².